The molecule has 33 heavy (non-hydrogen) atoms. The maximum absolute atomic E-state index is 4.72. The zero-order chi connectivity index (χ0) is 22.6. The molecule has 1 aliphatic rings. The summed E-state index contributed by atoms with van der Waals surface area (Å²) >= 11 is 0. The molecule has 1 saturated heterocycles. The summed E-state index contributed by atoms with van der Waals surface area (Å²) in [5.41, 5.74) is 5.28. The van der Waals surface area contributed by atoms with Crippen LogP contribution in [0.4, 0.5) is 28.8 Å². The van der Waals surface area contributed by atoms with E-state index in [1.165, 1.54) is 5.69 Å². The minimum Gasteiger partial charge on any atom is -0.369 e. The summed E-state index contributed by atoms with van der Waals surface area (Å²) in [4.78, 5) is 14.0. The van der Waals surface area contributed by atoms with Crippen LogP contribution in [0.5, 0.6) is 0 Å². The van der Waals surface area contributed by atoms with Crippen LogP contribution in [0.25, 0.3) is 5.69 Å². The Morgan fingerprint density at radius 2 is 1.55 bits per heavy atom. The van der Waals surface area contributed by atoms with Crippen LogP contribution in [-0.2, 0) is 0 Å². The van der Waals surface area contributed by atoms with E-state index < -0.39 is 0 Å². The Morgan fingerprint density at radius 1 is 0.788 bits per heavy atom. The zero-order valence-corrected chi connectivity index (χ0v) is 19.1. The van der Waals surface area contributed by atoms with Crippen molar-refractivity contribution in [3.05, 3.63) is 84.8 Å². The van der Waals surface area contributed by atoms with Crippen molar-refractivity contribution in [3.63, 3.8) is 0 Å². The normalized spacial score (nSPS) is 14.3. The van der Waals surface area contributed by atoms with E-state index >= 15 is 0 Å². The first kappa shape index (κ1) is 21.0. The average Bonchev–Trinajstić information content (AvgIpc) is 3.38. The highest BCUT2D eigenvalue weighted by molar-refractivity contribution is 5.64. The fourth-order valence-electron chi connectivity index (χ4n) is 3.97. The molecule has 0 bridgehead atoms. The maximum atomic E-state index is 4.72. The molecule has 0 amide bonds. The number of anilines is 5. The van der Waals surface area contributed by atoms with Gasteiger partial charge in [0, 0.05) is 73.1 Å². The molecule has 0 radical (unpaired) electrons. The molecular weight excluding hydrogens is 410 g/mol. The Morgan fingerprint density at radius 3 is 2.30 bits per heavy atom. The van der Waals surface area contributed by atoms with E-state index in [2.05, 4.69) is 73.4 Å². The lowest BCUT2D eigenvalue weighted by molar-refractivity contribution is 0.313. The van der Waals surface area contributed by atoms with E-state index in [9.17, 15) is 0 Å². The number of piperazine rings is 1. The topological polar surface area (TPSA) is 61.3 Å². The minimum atomic E-state index is 0.567. The zero-order valence-electron chi connectivity index (χ0n) is 19.1. The third-order valence-electron chi connectivity index (χ3n) is 5.98. The summed E-state index contributed by atoms with van der Waals surface area (Å²) < 4.78 is 2.08. The number of nitrogens with zero attached hydrogens (tertiary/aromatic N) is 5. The Labute approximate surface area is 194 Å². The summed E-state index contributed by atoms with van der Waals surface area (Å²) in [5.74, 6) is 1.35. The number of hydrogen-bond acceptors (Lipinski definition) is 6. The Balaban J connectivity index is 1.29. The first-order valence-corrected chi connectivity index (χ1v) is 11.3. The van der Waals surface area contributed by atoms with Gasteiger partial charge in [0.05, 0.1) is 0 Å². The van der Waals surface area contributed by atoms with Gasteiger partial charge < -0.3 is 25.0 Å². The molecule has 1 fully saturated rings. The molecule has 0 unspecified atom stereocenters. The Kier molecular flexibility index (Phi) is 5.95. The van der Waals surface area contributed by atoms with Gasteiger partial charge in [-0.25, -0.2) is 4.98 Å². The van der Waals surface area contributed by atoms with Crippen molar-refractivity contribution in [3.8, 4) is 5.69 Å². The van der Waals surface area contributed by atoms with Crippen LogP contribution >= 0.6 is 0 Å². The lowest BCUT2D eigenvalue weighted by Crippen LogP contribution is -2.44. The van der Waals surface area contributed by atoms with Gasteiger partial charge in [0.2, 0.25) is 5.95 Å². The lowest BCUT2D eigenvalue weighted by Gasteiger charge is -2.34. The SMILES string of the molecule is Cc1cnc(Nc2ccc(N3CCN(C)CC3)cc2)nc1Nc1cccc(-n2cccc2)c1. The van der Waals surface area contributed by atoms with Crippen molar-refractivity contribution in [2.75, 3.05) is 48.8 Å². The molecule has 0 aliphatic carbocycles. The molecule has 5 rings (SSSR count). The summed E-state index contributed by atoms with van der Waals surface area (Å²) in [7, 11) is 2.17. The van der Waals surface area contributed by atoms with Crippen LogP contribution in [-0.4, -0.2) is 52.7 Å². The molecule has 168 valence electrons. The predicted octanol–water partition coefficient (Wildman–Crippen LogP) is 4.81. The van der Waals surface area contributed by atoms with Crippen molar-refractivity contribution >= 4 is 28.8 Å². The van der Waals surface area contributed by atoms with Gasteiger partial charge in [-0.15, -0.1) is 0 Å². The lowest BCUT2D eigenvalue weighted by atomic mass is 10.2. The number of aromatic nitrogens is 3. The number of likely N-dealkylation sites (N-methyl/N-ethyl adjacent to an activating group) is 1. The number of benzene rings is 2. The van der Waals surface area contributed by atoms with Crippen LogP contribution in [0.15, 0.2) is 79.3 Å². The number of nitrogens with one attached hydrogen (secondary N) is 2. The van der Waals surface area contributed by atoms with E-state index in [1.54, 1.807) is 0 Å². The first-order valence-electron chi connectivity index (χ1n) is 11.3. The molecule has 3 heterocycles. The van der Waals surface area contributed by atoms with Crippen LogP contribution in [0.3, 0.4) is 0 Å². The first-order chi connectivity index (χ1) is 16.1. The third-order valence-corrected chi connectivity index (χ3v) is 5.98. The van der Waals surface area contributed by atoms with Crippen molar-refractivity contribution in [1.29, 1.82) is 0 Å². The molecule has 0 atom stereocenters. The molecule has 1 aliphatic heterocycles. The van der Waals surface area contributed by atoms with Gasteiger partial charge in [0.15, 0.2) is 0 Å². The molecule has 2 N–H and O–H groups in total. The fourth-order valence-corrected chi connectivity index (χ4v) is 3.97. The van der Waals surface area contributed by atoms with Gasteiger partial charge in [0.1, 0.15) is 5.82 Å². The van der Waals surface area contributed by atoms with E-state index in [-0.39, 0.29) is 0 Å². The van der Waals surface area contributed by atoms with Gasteiger partial charge >= 0.3 is 0 Å². The third kappa shape index (κ3) is 4.99. The van der Waals surface area contributed by atoms with Crippen molar-refractivity contribution in [1.82, 2.24) is 19.4 Å². The quantitative estimate of drug-likeness (QED) is 0.449. The van der Waals surface area contributed by atoms with Crippen LogP contribution < -0.4 is 15.5 Å². The minimum absolute atomic E-state index is 0.567. The van der Waals surface area contributed by atoms with Gasteiger partial charge in [-0.1, -0.05) is 6.07 Å². The summed E-state index contributed by atoms with van der Waals surface area (Å²) in [6.45, 7) is 6.32. The molecule has 7 heteroatoms. The number of hydrogen-bond donors (Lipinski definition) is 2. The molecule has 4 aromatic rings. The molecule has 2 aromatic heterocycles. The van der Waals surface area contributed by atoms with Crippen molar-refractivity contribution in [2.24, 2.45) is 0 Å². The monoisotopic (exact) mass is 439 g/mol. The second kappa shape index (κ2) is 9.34. The van der Waals surface area contributed by atoms with Gasteiger partial charge in [0.25, 0.3) is 0 Å². The van der Waals surface area contributed by atoms with Gasteiger partial charge in [-0.3, -0.25) is 0 Å². The second-order valence-corrected chi connectivity index (χ2v) is 8.45. The van der Waals surface area contributed by atoms with E-state index in [4.69, 9.17) is 4.98 Å². The highest BCUT2D eigenvalue weighted by Gasteiger charge is 2.14. The Bertz CT molecular complexity index is 1190. The summed E-state index contributed by atoms with van der Waals surface area (Å²) in [6.07, 6.45) is 5.91. The molecular formula is C26H29N7. The molecule has 2 aromatic carbocycles. The molecule has 0 saturated carbocycles. The summed E-state index contributed by atoms with van der Waals surface area (Å²) in [5, 5.41) is 6.78. The average molecular weight is 440 g/mol. The van der Waals surface area contributed by atoms with E-state index in [1.807, 2.05) is 49.8 Å². The number of rotatable bonds is 6. The van der Waals surface area contributed by atoms with Gasteiger partial charge in [-0.05, 0) is 68.6 Å². The fraction of sp³-hybridized carbons (Fsp3) is 0.231. The highest BCUT2D eigenvalue weighted by atomic mass is 15.2. The largest absolute Gasteiger partial charge is 0.369 e. The number of aryl methyl sites for hydroxylation is 1. The standard InChI is InChI=1S/C26H29N7/c1-20-19-27-26(29-21-8-10-23(11-9-21)33-16-14-31(2)15-17-33)30-25(20)28-22-6-5-7-24(18-22)32-12-3-4-13-32/h3-13,18-19H,14-17H2,1-2H3,(H2,27,28,29,30). The van der Waals surface area contributed by atoms with Crippen LogP contribution in [0.1, 0.15) is 5.56 Å². The molecule has 7 nitrogen and oxygen atoms in total. The Hall–Kier alpha value is -3.84. The van der Waals surface area contributed by atoms with E-state index in [0.717, 1.165) is 54.6 Å². The maximum Gasteiger partial charge on any atom is 0.229 e. The highest BCUT2D eigenvalue weighted by Crippen LogP contribution is 2.24. The van der Waals surface area contributed by atoms with E-state index in [0.29, 0.717) is 5.95 Å². The molecule has 0 spiro atoms. The van der Waals surface area contributed by atoms with Crippen molar-refractivity contribution < 1.29 is 0 Å². The van der Waals surface area contributed by atoms with Crippen LogP contribution in [0.2, 0.25) is 0 Å². The van der Waals surface area contributed by atoms with Crippen molar-refractivity contribution in [2.45, 2.75) is 6.92 Å². The smallest absolute Gasteiger partial charge is 0.229 e. The van der Waals surface area contributed by atoms with Crippen LogP contribution in [0, 0.1) is 6.92 Å². The summed E-state index contributed by atoms with van der Waals surface area (Å²) in [6, 6.07) is 20.8. The second-order valence-electron chi connectivity index (χ2n) is 8.45. The predicted molar refractivity (Wildman–Crippen MR) is 135 cm³/mol. The van der Waals surface area contributed by atoms with Gasteiger partial charge in [-0.2, -0.15) is 4.98 Å².